The van der Waals surface area contributed by atoms with Gasteiger partial charge in [-0.2, -0.15) is 0 Å². The van der Waals surface area contributed by atoms with Crippen LogP contribution in [-0.4, -0.2) is 43.1 Å². The van der Waals surface area contributed by atoms with Crippen molar-refractivity contribution in [3.05, 3.63) is 24.3 Å². The summed E-state index contributed by atoms with van der Waals surface area (Å²) in [6, 6.07) is 0. The Morgan fingerprint density at radius 3 is 1.64 bits per heavy atom. The maximum absolute atomic E-state index is 11.3. The summed E-state index contributed by atoms with van der Waals surface area (Å²) < 4.78 is 21.6. The first-order valence-corrected chi connectivity index (χ1v) is 8.90. The van der Waals surface area contributed by atoms with Crippen LogP contribution in [0.5, 0.6) is 0 Å². The van der Waals surface area contributed by atoms with Crippen molar-refractivity contribution in [3.63, 3.8) is 0 Å². The summed E-state index contributed by atoms with van der Waals surface area (Å²) in [6.45, 7) is 8.08. The van der Waals surface area contributed by atoms with E-state index in [9.17, 15) is 9.59 Å². The van der Waals surface area contributed by atoms with Gasteiger partial charge in [0.1, 0.15) is 0 Å². The molecule has 6 heteroatoms. The molecule has 1 rings (SSSR count). The molecule has 0 N–H and O–H groups in total. The molecule has 0 radical (unpaired) electrons. The Bertz CT molecular complexity index is 438. The van der Waals surface area contributed by atoms with Gasteiger partial charge in [-0.3, -0.25) is 0 Å². The van der Waals surface area contributed by atoms with Crippen LogP contribution in [-0.2, 0) is 28.5 Å². The van der Waals surface area contributed by atoms with Gasteiger partial charge in [-0.15, -0.1) is 0 Å². The Morgan fingerprint density at radius 1 is 0.880 bits per heavy atom. The van der Waals surface area contributed by atoms with Crippen LogP contribution in [0.4, 0.5) is 0 Å². The van der Waals surface area contributed by atoms with Gasteiger partial charge in [-0.1, -0.05) is 12.2 Å². The minimum Gasteiger partial charge on any atom is -0.463 e. The van der Waals surface area contributed by atoms with Crippen LogP contribution >= 0.6 is 0 Å². The first-order chi connectivity index (χ1) is 11.9. The van der Waals surface area contributed by atoms with Crippen molar-refractivity contribution in [2.24, 2.45) is 0 Å². The lowest BCUT2D eigenvalue weighted by atomic mass is 10.0. The molecule has 0 aromatic rings. The fourth-order valence-electron chi connectivity index (χ4n) is 2.66. The van der Waals surface area contributed by atoms with Gasteiger partial charge in [-0.25, -0.2) is 9.59 Å². The number of hydrogen-bond acceptors (Lipinski definition) is 6. The highest BCUT2D eigenvalue weighted by Crippen LogP contribution is 2.33. The molecule has 142 valence electrons. The maximum atomic E-state index is 11.3. The van der Waals surface area contributed by atoms with E-state index in [0.717, 1.165) is 12.8 Å². The highest BCUT2D eigenvalue weighted by Gasteiger charge is 2.39. The molecule has 0 aliphatic carbocycles. The normalized spacial score (nSPS) is 22.6. The molecule has 1 aliphatic rings. The lowest BCUT2D eigenvalue weighted by Gasteiger charge is -2.16. The van der Waals surface area contributed by atoms with E-state index in [1.54, 1.807) is 26.0 Å². The molecule has 0 spiro atoms. The first-order valence-electron chi connectivity index (χ1n) is 8.90. The van der Waals surface area contributed by atoms with E-state index < -0.39 is 5.79 Å². The zero-order chi connectivity index (χ0) is 18.7. The maximum Gasteiger partial charge on any atom is 0.330 e. The van der Waals surface area contributed by atoms with E-state index in [1.807, 2.05) is 13.8 Å². The van der Waals surface area contributed by atoms with E-state index in [0.29, 0.717) is 26.1 Å². The second-order valence-electron chi connectivity index (χ2n) is 6.18. The number of ether oxygens (including phenoxy) is 4. The molecular formula is C19H30O6. The molecule has 6 nitrogen and oxygen atoms in total. The van der Waals surface area contributed by atoms with Crippen molar-refractivity contribution < 1.29 is 28.5 Å². The Labute approximate surface area is 150 Å². The van der Waals surface area contributed by atoms with Gasteiger partial charge in [0, 0.05) is 12.2 Å². The van der Waals surface area contributed by atoms with Crippen molar-refractivity contribution in [3.8, 4) is 0 Å². The van der Waals surface area contributed by atoms with Crippen LogP contribution in [0.1, 0.15) is 53.4 Å². The second kappa shape index (κ2) is 11.1. The van der Waals surface area contributed by atoms with E-state index in [-0.39, 0.29) is 24.1 Å². The van der Waals surface area contributed by atoms with Gasteiger partial charge >= 0.3 is 11.9 Å². The minimum absolute atomic E-state index is 0.0437. The van der Waals surface area contributed by atoms with Gasteiger partial charge in [-0.05, 0) is 53.4 Å². The van der Waals surface area contributed by atoms with Crippen molar-refractivity contribution in [1.29, 1.82) is 0 Å². The van der Waals surface area contributed by atoms with E-state index >= 15 is 0 Å². The van der Waals surface area contributed by atoms with Crippen LogP contribution in [0.2, 0.25) is 0 Å². The fraction of sp³-hybridized carbons (Fsp3) is 0.684. The molecule has 0 unspecified atom stereocenters. The highest BCUT2D eigenvalue weighted by molar-refractivity contribution is 5.82. The quantitative estimate of drug-likeness (QED) is 0.443. The number of allylic oxidation sites excluding steroid dienone is 2. The molecule has 2 atom stereocenters. The molecule has 0 bridgehead atoms. The topological polar surface area (TPSA) is 71.1 Å². The molecular weight excluding hydrogens is 324 g/mol. The SMILES string of the molecule is CCOC(=O)/C=C/CC[C@H]1OC(C)(C)O[C@@H]1CC/C=C/C(=O)OCC. The lowest BCUT2D eigenvalue weighted by molar-refractivity contribution is -0.147. The molecule has 0 saturated carbocycles. The molecule has 1 heterocycles. The van der Waals surface area contributed by atoms with Gasteiger partial charge in [0.25, 0.3) is 0 Å². The van der Waals surface area contributed by atoms with Crippen molar-refractivity contribution in [1.82, 2.24) is 0 Å². The van der Waals surface area contributed by atoms with E-state index in [2.05, 4.69) is 0 Å². The van der Waals surface area contributed by atoms with Crippen LogP contribution < -0.4 is 0 Å². The van der Waals surface area contributed by atoms with Crippen molar-refractivity contribution in [2.75, 3.05) is 13.2 Å². The van der Waals surface area contributed by atoms with Crippen LogP contribution in [0, 0.1) is 0 Å². The zero-order valence-corrected chi connectivity index (χ0v) is 15.7. The summed E-state index contributed by atoms with van der Waals surface area (Å²) in [5, 5.41) is 0. The number of carbonyl (C=O) groups excluding carboxylic acids is 2. The first kappa shape index (κ1) is 21.4. The van der Waals surface area contributed by atoms with Crippen LogP contribution in [0.25, 0.3) is 0 Å². The van der Waals surface area contributed by atoms with E-state index in [1.165, 1.54) is 12.2 Å². The average molecular weight is 354 g/mol. The van der Waals surface area contributed by atoms with Crippen LogP contribution in [0.15, 0.2) is 24.3 Å². The third-order valence-electron chi connectivity index (χ3n) is 3.60. The highest BCUT2D eigenvalue weighted by atomic mass is 16.7. The standard InChI is InChI=1S/C19H30O6/c1-5-22-17(20)13-9-7-11-15-16(25-19(3,4)24-15)12-8-10-14-18(21)23-6-2/h9-10,13-16H,5-8,11-12H2,1-4H3/b13-9+,14-10+/t15-,16-/m1/s1. The molecule has 0 aromatic heterocycles. The summed E-state index contributed by atoms with van der Waals surface area (Å²) in [5.41, 5.74) is 0. The van der Waals surface area contributed by atoms with Gasteiger partial charge in [0.15, 0.2) is 5.79 Å². The number of rotatable bonds is 10. The molecule has 25 heavy (non-hydrogen) atoms. The third-order valence-corrected chi connectivity index (χ3v) is 3.60. The lowest BCUT2D eigenvalue weighted by Crippen LogP contribution is -2.22. The Kier molecular flexibility index (Phi) is 9.45. The monoisotopic (exact) mass is 354 g/mol. The van der Waals surface area contributed by atoms with Crippen LogP contribution in [0.3, 0.4) is 0 Å². The zero-order valence-electron chi connectivity index (χ0n) is 15.7. The number of hydrogen-bond donors (Lipinski definition) is 0. The summed E-state index contributed by atoms with van der Waals surface area (Å²) in [5.74, 6) is -1.27. The Morgan fingerprint density at radius 2 is 1.28 bits per heavy atom. The van der Waals surface area contributed by atoms with E-state index in [4.69, 9.17) is 18.9 Å². The third kappa shape index (κ3) is 8.84. The minimum atomic E-state index is -0.620. The number of carbonyl (C=O) groups is 2. The molecule has 0 amide bonds. The molecule has 0 aromatic carbocycles. The van der Waals surface area contributed by atoms with Crippen molar-refractivity contribution >= 4 is 11.9 Å². The average Bonchev–Trinajstić information content (AvgIpc) is 2.83. The summed E-state index contributed by atoms with van der Waals surface area (Å²) >= 11 is 0. The largest absolute Gasteiger partial charge is 0.463 e. The van der Waals surface area contributed by atoms with Gasteiger partial charge in [0.2, 0.25) is 0 Å². The second-order valence-corrected chi connectivity index (χ2v) is 6.18. The van der Waals surface area contributed by atoms with Gasteiger partial charge < -0.3 is 18.9 Å². The molecule has 1 saturated heterocycles. The molecule has 1 fully saturated rings. The number of esters is 2. The Balaban J connectivity index is 2.42. The predicted octanol–water partition coefficient (Wildman–Crippen LogP) is 3.31. The fourth-order valence-corrected chi connectivity index (χ4v) is 2.66. The summed E-state index contributed by atoms with van der Waals surface area (Å²) in [4.78, 5) is 22.5. The van der Waals surface area contributed by atoms with Crippen molar-refractivity contribution in [2.45, 2.75) is 71.4 Å². The predicted molar refractivity (Wildman–Crippen MR) is 93.8 cm³/mol. The smallest absolute Gasteiger partial charge is 0.330 e. The van der Waals surface area contributed by atoms with Gasteiger partial charge in [0.05, 0.1) is 25.4 Å². The Hall–Kier alpha value is -1.66. The summed E-state index contributed by atoms with van der Waals surface area (Å²) in [7, 11) is 0. The summed E-state index contributed by atoms with van der Waals surface area (Å²) in [6.07, 6.45) is 9.32. The molecule has 1 aliphatic heterocycles.